The first-order chi connectivity index (χ1) is 10.5. The van der Waals surface area contributed by atoms with Crippen molar-refractivity contribution < 1.29 is 9.72 Å². The molecule has 8 nitrogen and oxygen atoms in total. The molecule has 0 bridgehead atoms. The van der Waals surface area contributed by atoms with Crippen LogP contribution in [0.15, 0.2) is 41.7 Å². The zero-order valence-electron chi connectivity index (χ0n) is 11.7. The van der Waals surface area contributed by atoms with E-state index in [1.807, 2.05) is 0 Å². The monoisotopic (exact) mass is 299 g/mol. The van der Waals surface area contributed by atoms with Crippen molar-refractivity contribution in [3.8, 4) is 0 Å². The Morgan fingerprint density at radius 3 is 2.91 bits per heavy atom. The highest BCUT2D eigenvalue weighted by Crippen LogP contribution is 2.36. The molecule has 1 aliphatic rings. The van der Waals surface area contributed by atoms with Crippen LogP contribution in [-0.2, 0) is 4.79 Å². The van der Waals surface area contributed by atoms with Gasteiger partial charge >= 0.3 is 0 Å². The fraction of sp³-hybridized carbons (Fsp3) is 0.214. The Morgan fingerprint density at radius 1 is 1.45 bits per heavy atom. The molecule has 0 radical (unpaired) electrons. The Balaban J connectivity index is 2.18. The van der Waals surface area contributed by atoms with Crippen LogP contribution >= 0.6 is 0 Å². The van der Waals surface area contributed by atoms with Crippen molar-refractivity contribution in [2.24, 2.45) is 16.6 Å². The summed E-state index contributed by atoms with van der Waals surface area (Å²) < 4.78 is 1.71. The molecule has 1 amide bonds. The lowest BCUT2D eigenvalue weighted by Gasteiger charge is -2.30. The number of nitrogens with zero attached hydrogens (tertiary/aromatic N) is 4. The summed E-state index contributed by atoms with van der Waals surface area (Å²) in [7, 11) is 0. The van der Waals surface area contributed by atoms with Crippen LogP contribution in [0, 0.1) is 16.0 Å². The molecule has 0 spiro atoms. The number of carbonyl (C=O) groups is 1. The SMILES string of the molecule is CC1=Nc2nccn2C(c2cccc([N+](=O)[O-])c2)C1C(N)=O. The minimum Gasteiger partial charge on any atom is -0.369 e. The van der Waals surface area contributed by atoms with E-state index in [0.29, 0.717) is 17.2 Å². The smallest absolute Gasteiger partial charge is 0.269 e. The number of benzene rings is 1. The first-order valence-electron chi connectivity index (χ1n) is 6.60. The maximum absolute atomic E-state index is 11.9. The number of amides is 1. The van der Waals surface area contributed by atoms with Crippen LogP contribution < -0.4 is 5.73 Å². The first kappa shape index (κ1) is 13.9. The maximum atomic E-state index is 11.9. The molecular formula is C14H13N5O3. The number of aliphatic imine (C=N–C) groups is 1. The van der Waals surface area contributed by atoms with Crippen molar-refractivity contribution in [1.82, 2.24) is 9.55 Å². The normalized spacial score (nSPS) is 20.1. The lowest BCUT2D eigenvalue weighted by Crippen LogP contribution is -2.39. The molecule has 0 saturated heterocycles. The summed E-state index contributed by atoms with van der Waals surface area (Å²) in [5.41, 5.74) is 6.64. The fourth-order valence-corrected chi connectivity index (χ4v) is 2.76. The third kappa shape index (κ3) is 2.14. The molecule has 2 unspecified atom stereocenters. The zero-order chi connectivity index (χ0) is 15.9. The molecule has 22 heavy (non-hydrogen) atoms. The van der Waals surface area contributed by atoms with E-state index in [0.717, 1.165) is 0 Å². The Kier molecular flexibility index (Phi) is 3.21. The third-order valence-corrected chi connectivity index (χ3v) is 3.72. The van der Waals surface area contributed by atoms with Gasteiger partial charge in [0.1, 0.15) is 5.92 Å². The van der Waals surface area contributed by atoms with Crippen LogP contribution in [-0.4, -0.2) is 26.1 Å². The van der Waals surface area contributed by atoms with E-state index < -0.39 is 22.8 Å². The van der Waals surface area contributed by atoms with E-state index >= 15 is 0 Å². The number of hydrogen-bond acceptors (Lipinski definition) is 5. The van der Waals surface area contributed by atoms with Gasteiger partial charge in [-0.2, -0.15) is 0 Å². The number of nitro benzene ring substituents is 1. The summed E-state index contributed by atoms with van der Waals surface area (Å²) >= 11 is 0. The van der Waals surface area contributed by atoms with Crippen molar-refractivity contribution in [3.63, 3.8) is 0 Å². The highest BCUT2D eigenvalue weighted by atomic mass is 16.6. The number of carbonyl (C=O) groups excluding carboxylic acids is 1. The summed E-state index contributed by atoms with van der Waals surface area (Å²) in [6, 6.07) is 5.68. The van der Waals surface area contributed by atoms with Gasteiger partial charge in [0, 0.05) is 30.2 Å². The van der Waals surface area contributed by atoms with Gasteiger partial charge in [-0.05, 0) is 12.5 Å². The quantitative estimate of drug-likeness (QED) is 0.684. The summed E-state index contributed by atoms with van der Waals surface area (Å²) in [4.78, 5) is 30.8. The number of non-ortho nitro benzene ring substituents is 1. The molecule has 1 aliphatic heterocycles. The van der Waals surface area contributed by atoms with Crippen molar-refractivity contribution in [2.75, 3.05) is 0 Å². The molecule has 2 heterocycles. The standard InChI is InChI=1S/C14H13N5O3/c1-8-11(13(15)20)12(18-6-5-16-14(18)17-8)9-3-2-4-10(7-9)19(21)22/h2-7,11-12H,1H3,(H2,15,20). The van der Waals surface area contributed by atoms with Crippen molar-refractivity contribution in [2.45, 2.75) is 13.0 Å². The molecular weight excluding hydrogens is 286 g/mol. The number of nitrogens with two attached hydrogens (primary N) is 1. The van der Waals surface area contributed by atoms with Crippen LogP contribution in [0.1, 0.15) is 18.5 Å². The summed E-state index contributed by atoms with van der Waals surface area (Å²) in [5, 5.41) is 11.0. The number of imidazole rings is 1. The van der Waals surface area contributed by atoms with Crippen molar-refractivity contribution >= 4 is 23.3 Å². The van der Waals surface area contributed by atoms with Gasteiger partial charge in [-0.3, -0.25) is 14.9 Å². The molecule has 2 N–H and O–H groups in total. The lowest BCUT2D eigenvalue weighted by atomic mass is 9.87. The van der Waals surface area contributed by atoms with Crippen molar-refractivity contribution in [1.29, 1.82) is 0 Å². The number of primary amides is 1. The second kappa shape index (κ2) is 5.06. The predicted octanol–water partition coefficient (Wildman–Crippen LogP) is 1.59. The van der Waals surface area contributed by atoms with Gasteiger partial charge in [0.25, 0.3) is 5.69 Å². The molecule has 2 atom stereocenters. The molecule has 0 saturated carbocycles. The van der Waals surface area contributed by atoms with Gasteiger partial charge in [0.15, 0.2) is 0 Å². The van der Waals surface area contributed by atoms with Gasteiger partial charge in [0.2, 0.25) is 11.9 Å². The Morgan fingerprint density at radius 2 is 2.23 bits per heavy atom. The number of rotatable bonds is 3. The predicted molar refractivity (Wildman–Crippen MR) is 78.9 cm³/mol. The molecule has 3 rings (SSSR count). The van der Waals surface area contributed by atoms with E-state index in [4.69, 9.17) is 5.73 Å². The molecule has 0 aliphatic carbocycles. The van der Waals surface area contributed by atoms with E-state index in [9.17, 15) is 14.9 Å². The van der Waals surface area contributed by atoms with Crippen LogP contribution in [0.3, 0.4) is 0 Å². The van der Waals surface area contributed by atoms with E-state index in [2.05, 4.69) is 9.98 Å². The number of aromatic nitrogens is 2. The van der Waals surface area contributed by atoms with Gasteiger partial charge < -0.3 is 10.3 Å². The fourth-order valence-electron chi connectivity index (χ4n) is 2.76. The van der Waals surface area contributed by atoms with Gasteiger partial charge in [0.05, 0.1) is 11.0 Å². The summed E-state index contributed by atoms with van der Waals surface area (Å²) in [6.45, 7) is 1.71. The minimum absolute atomic E-state index is 0.0393. The topological polar surface area (TPSA) is 116 Å². The van der Waals surface area contributed by atoms with Gasteiger partial charge in [-0.1, -0.05) is 12.1 Å². The Labute approximate surface area is 125 Å². The lowest BCUT2D eigenvalue weighted by molar-refractivity contribution is -0.384. The van der Waals surface area contributed by atoms with Gasteiger partial charge in [-0.25, -0.2) is 9.98 Å². The summed E-state index contributed by atoms with van der Waals surface area (Å²) in [5.74, 6) is -0.757. The second-order valence-corrected chi connectivity index (χ2v) is 5.06. The summed E-state index contributed by atoms with van der Waals surface area (Å²) in [6.07, 6.45) is 3.25. The van der Waals surface area contributed by atoms with Crippen LogP contribution in [0.25, 0.3) is 0 Å². The molecule has 8 heteroatoms. The third-order valence-electron chi connectivity index (χ3n) is 3.72. The van der Waals surface area contributed by atoms with Crippen LogP contribution in [0.4, 0.5) is 11.6 Å². The number of fused-ring (bicyclic) bond motifs is 1. The largest absolute Gasteiger partial charge is 0.369 e. The number of hydrogen-bond donors (Lipinski definition) is 1. The highest BCUT2D eigenvalue weighted by Gasteiger charge is 2.36. The average Bonchev–Trinajstić information content (AvgIpc) is 2.93. The van der Waals surface area contributed by atoms with Crippen molar-refractivity contribution in [3.05, 3.63) is 52.3 Å². The molecule has 0 fully saturated rings. The molecule has 1 aromatic heterocycles. The Hall–Kier alpha value is -3.03. The van der Waals surface area contributed by atoms with E-state index in [1.165, 1.54) is 12.1 Å². The van der Waals surface area contributed by atoms with Crippen LogP contribution in [0.5, 0.6) is 0 Å². The van der Waals surface area contributed by atoms with Gasteiger partial charge in [-0.15, -0.1) is 0 Å². The highest BCUT2D eigenvalue weighted by molar-refractivity contribution is 6.04. The Bertz CT molecular complexity index is 795. The zero-order valence-corrected chi connectivity index (χ0v) is 11.7. The van der Waals surface area contributed by atoms with Crippen LogP contribution in [0.2, 0.25) is 0 Å². The van der Waals surface area contributed by atoms with E-state index in [1.54, 1.807) is 36.0 Å². The average molecular weight is 299 g/mol. The number of nitro groups is 1. The molecule has 1 aromatic carbocycles. The minimum atomic E-state index is -0.677. The second-order valence-electron chi connectivity index (χ2n) is 5.06. The molecule has 112 valence electrons. The maximum Gasteiger partial charge on any atom is 0.269 e. The van der Waals surface area contributed by atoms with E-state index in [-0.39, 0.29) is 5.69 Å². The first-order valence-corrected chi connectivity index (χ1v) is 6.60. The molecule has 2 aromatic rings.